The molecule has 170 valence electrons. The number of hydrogen-bond donors (Lipinski definition) is 2. The number of fused-ring (bicyclic) bond motifs is 1. The topological polar surface area (TPSA) is 97.2 Å². The first kappa shape index (κ1) is 22.5. The summed E-state index contributed by atoms with van der Waals surface area (Å²) in [4.78, 5) is 23.7. The van der Waals surface area contributed by atoms with E-state index in [4.69, 9.17) is 14.6 Å². The average Bonchev–Trinajstić information content (AvgIpc) is 2.87. The van der Waals surface area contributed by atoms with Crippen LogP contribution in [0.15, 0.2) is 90.0 Å². The fourth-order valence-corrected chi connectivity index (χ4v) is 3.41. The first-order chi connectivity index (χ1) is 16.5. The number of carbonyl (C=O) groups excluding carboxylic acids is 1. The maximum absolute atomic E-state index is 12.8. The van der Waals surface area contributed by atoms with Gasteiger partial charge < -0.3 is 14.6 Å². The molecular formula is C27H22N2O5. The summed E-state index contributed by atoms with van der Waals surface area (Å²) in [6, 6.07) is 25.1. The molecule has 0 saturated heterocycles. The summed E-state index contributed by atoms with van der Waals surface area (Å²) in [7, 11) is 1.52. The van der Waals surface area contributed by atoms with E-state index >= 15 is 0 Å². The van der Waals surface area contributed by atoms with E-state index in [2.05, 4.69) is 10.5 Å². The van der Waals surface area contributed by atoms with E-state index in [0.717, 1.165) is 16.3 Å². The van der Waals surface area contributed by atoms with E-state index in [0.29, 0.717) is 22.6 Å². The van der Waals surface area contributed by atoms with E-state index in [9.17, 15) is 9.59 Å². The van der Waals surface area contributed by atoms with Crippen LogP contribution >= 0.6 is 0 Å². The highest BCUT2D eigenvalue weighted by molar-refractivity contribution is 6.02. The summed E-state index contributed by atoms with van der Waals surface area (Å²) < 4.78 is 11.3. The predicted octanol–water partition coefficient (Wildman–Crippen LogP) is 4.89. The third-order valence-corrected chi connectivity index (χ3v) is 5.20. The second-order valence-corrected chi connectivity index (χ2v) is 7.43. The summed E-state index contributed by atoms with van der Waals surface area (Å²) in [5.74, 6) is -0.330. The molecule has 4 aromatic rings. The third kappa shape index (κ3) is 5.21. The van der Waals surface area contributed by atoms with Gasteiger partial charge in [0.15, 0.2) is 0 Å². The lowest BCUT2D eigenvalue weighted by Crippen LogP contribution is -2.18. The first-order valence-electron chi connectivity index (χ1n) is 10.5. The first-order valence-corrected chi connectivity index (χ1v) is 10.5. The van der Waals surface area contributed by atoms with E-state index in [1.54, 1.807) is 24.3 Å². The lowest BCUT2D eigenvalue weighted by atomic mass is 10.1. The van der Waals surface area contributed by atoms with Crippen molar-refractivity contribution in [3.63, 3.8) is 0 Å². The van der Waals surface area contributed by atoms with Crippen molar-refractivity contribution in [2.75, 3.05) is 7.11 Å². The highest BCUT2D eigenvalue weighted by Crippen LogP contribution is 2.26. The van der Waals surface area contributed by atoms with Gasteiger partial charge in [-0.15, -0.1) is 0 Å². The molecule has 0 bridgehead atoms. The van der Waals surface area contributed by atoms with E-state index in [1.807, 2.05) is 48.5 Å². The van der Waals surface area contributed by atoms with Gasteiger partial charge in [-0.3, -0.25) is 4.79 Å². The lowest BCUT2D eigenvalue weighted by molar-refractivity contribution is 0.0696. The number of aromatic carboxylic acids is 1. The van der Waals surface area contributed by atoms with Gasteiger partial charge in [0, 0.05) is 5.56 Å². The molecule has 0 unspecified atom stereocenters. The number of methoxy groups -OCH3 is 1. The number of para-hydroxylation sites is 1. The molecule has 0 atom stereocenters. The normalized spacial score (nSPS) is 10.9. The van der Waals surface area contributed by atoms with Crippen molar-refractivity contribution in [1.82, 2.24) is 5.43 Å². The van der Waals surface area contributed by atoms with Crippen molar-refractivity contribution in [3.05, 3.63) is 107 Å². The standard InChI is InChI=1S/C27H22N2O5/c1-33-25-15-21-7-3-2-6-20(21)14-23(25)26(30)29-28-16-22-8-4-5-9-24(22)34-17-18-10-12-19(13-11-18)27(31)32/h2-16H,17H2,1H3,(H,29,30)(H,31,32). The third-order valence-electron chi connectivity index (χ3n) is 5.20. The molecule has 0 aliphatic carbocycles. The van der Waals surface area contributed by atoms with Crippen molar-refractivity contribution in [2.24, 2.45) is 5.10 Å². The van der Waals surface area contributed by atoms with E-state index < -0.39 is 11.9 Å². The van der Waals surface area contributed by atoms with Gasteiger partial charge in [0.25, 0.3) is 5.91 Å². The molecule has 7 nitrogen and oxygen atoms in total. The zero-order valence-electron chi connectivity index (χ0n) is 18.4. The number of nitrogens with zero attached hydrogens (tertiary/aromatic N) is 1. The number of hydrazone groups is 1. The Morgan fingerprint density at radius 1 is 0.912 bits per heavy atom. The Morgan fingerprint density at radius 3 is 2.29 bits per heavy atom. The molecule has 0 fully saturated rings. The average molecular weight is 454 g/mol. The number of benzene rings is 4. The van der Waals surface area contributed by atoms with Crippen LogP contribution < -0.4 is 14.9 Å². The number of amides is 1. The summed E-state index contributed by atoms with van der Waals surface area (Å²) in [5, 5.41) is 15.0. The minimum atomic E-state index is -0.975. The maximum atomic E-state index is 12.8. The van der Waals surface area contributed by atoms with Gasteiger partial charge >= 0.3 is 5.97 Å². The fraction of sp³-hybridized carbons (Fsp3) is 0.0741. The second kappa shape index (κ2) is 10.3. The zero-order valence-corrected chi connectivity index (χ0v) is 18.4. The van der Waals surface area contributed by atoms with Gasteiger partial charge in [0.1, 0.15) is 18.1 Å². The van der Waals surface area contributed by atoms with Crippen molar-refractivity contribution >= 4 is 28.9 Å². The Hall–Kier alpha value is -4.65. The molecule has 4 rings (SSSR count). The maximum Gasteiger partial charge on any atom is 0.335 e. The SMILES string of the molecule is COc1cc2ccccc2cc1C(=O)NN=Cc1ccccc1OCc1ccc(C(=O)O)cc1. The van der Waals surface area contributed by atoms with Gasteiger partial charge in [-0.25, -0.2) is 10.2 Å². The summed E-state index contributed by atoms with van der Waals surface area (Å²) in [5.41, 5.74) is 4.65. The molecule has 0 saturated carbocycles. The Bertz CT molecular complexity index is 1360. The number of rotatable bonds is 8. The molecule has 4 aromatic carbocycles. The Balaban J connectivity index is 1.45. The molecule has 0 spiro atoms. The van der Waals surface area contributed by atoms with Crippen molar-refractivity contribution < 1.29 is 24.2 Å². The van der Waals surface area contributed by atoms with Crippen LogP contribution in [-0.4, -0.2) is 30.3 Å². The van der Waals surface area contributed by atoms with Gasteiger partial charge in [-0.05, 0) is 52.7 Å². The van der Waals surface area contributed by atoms with E-state index in [1.165, 1.54) is 25.5 Å². The molecule has 7 heteroatoms. The molecule has 0 heterocycles. The molecule has 0 radical (unpaired) electrons. The summed E-state index contributed by atoms with van der Waals surface area (Å²) >= 11 is 0. The largest absolute Gasteiger partial charge is 0.496 e. The van der Waals surface area contributed by atoms with Crippen molar-refractivity contribution in [2.45, 2.75) is 6.61 Å². The van der Waals surface area contributed by atoms with Crippen LogP contribution in [-0.2, 0) is 6.61 Å². The van der Waals surface area contributed by atoms with E-state index in [-0.39, 0.29) is 12.2 Å². The number of nitrogens with one attached hydrogen (secondary N) is 1. The van der Waals surface area contributed by atoms with Gasteiger partial charge in [-0.1, -0.05) is 48.5 Å². The van der Waals surface area contributed by atoms with Crippen molar-refractivity contribution in [1.29, 1.82) is 0 Å². The smallest absolute Gasteiger partial charge is 0.335 e. The summed E-state index contributed by atoms with van der Waals surface area (Å²) in [6.07, 6.45) is 1.51. The lowest BCUT2D eigenvalue weighted by Gasteiger charge is -2.10. The van der Waals surface area contributed by atoms with Crippen LogP contribution in [0.4, 0.5) is 0 Å². The number of carboxylic acid groups (broad SMARTS) is 1. The fourth-order valence-electron chi connectivity index (χ4n) is 3.41. The molecular weight excluding hydrogens is 432 g/mol. The molecule has 34 heavy (non-hydrogen) atoms. The Kier molecular flexibility index (Phi) is 6.84. The minimum Gasteiger partial charge on any atom is -0.496 e. The van der Waals surface area contributed by atoms with Crippen LogP contribution in [0.3, 0.4) is 0 Å². The number of carboxylic acids is 1. The number of carbonyl (C=O) groups is 2. The molecule has 2 N–H and O–H groups in total. The molecule has 0 aromatic heterocycles. The molecule has 1 amide bonds. The minimum absolute atomic E-state index is 0.218. The van der Waals surface area contributed by atoms with Crippen LogP contribution in [0.1, 0.15) is 31.8 Å². The monoisotopic (exact) mass is 454 g/mol. The second-order valence-electron chi connectivity index (χ2n) is 7.43. The van der Waals surface area contributed by atoms with Crippen molar-refractivity contribution in [3.8, 4) is 11.5 Å². The highest BCUT2D eigenvalue weighted by Gasteiger charge is 2.13. The summed E-state index contributed by atoms with van der Waals surface area (Å²) in [6.45, 7) is 0.255. The Labute approximate surface area is 196 Å². The zero-order chi connectivity index (χ0) is 23.9. The number of ether oxygens (including phenoxy) is 2. The van der Waals surface area contributed by atoms with Gasteiger partial charge in [0.05, 0.1) is 24.5 Å². The Morgan fingerprint density at radius 2 is 1.59 bits per heavy atom. The number of hydrogen-bond acceptors (Lipinski definition) is 5. The molecule has 0 aliphatic rings. The van der Waals surface area contributed by atoms with Crippen LogP contribution in [0.2, 0.25) is 0 Å². The quantitative estimate of drug-likeness (QED) is 0.292. The molecule has 0 aliphatic heterocycles. The van der Waals surface area contributed by atoms with Gasteiger partial charge in [-0.2, -0.15) is 5.10 Å². The predicted molar refractivity (Wildman–Crippen MR) is 130 cm³/mol. The highest BCUT2D eigenvalue weighted by atomic mass is 16.5. The van der Waals surface area contributed by atoms with Crippen LogP contribution in [0.5, 0.6) is 11.5 Å². The van der Waals surface area contributed by atoms with Crippen LogP contribution in [0.25, 0.3) is 10.8 Å². The van der Waals surface area contributed by atoms with Gasteiger partial charge in [0.2, 0.25) is 0 Å². The van der Waals surface area contributed by atoms with Crippen LogP contribution in [0, 0.1) is 0 Å².